The minimum Gasteiger partial charge on any atom is -0.380 e. The highest BCUT2D eigenvalue weighted by Gasteiger charge is 2.47. The van der Waals surface area contributed by atoms with E-state index in [2.05, 4.69) is 30.4 Å². The molecule has 1 saturated carbocycles. The SMILES string of the molecule is COCc1ccccc1N[C@H]1c2cc(C#N)ccc2N(C(C)=O)[C@@H](C2CC2)[C@@H]1C. The van der Waals surface area contributed by atoms with E-state index >= 15 is 0 Å². The third kappa shape index (κ3) is 3.61. The van der Waals surface area contributed by atoms with Crippen LogP contribution >= 0.6 is 0 Å². The molecule has 1 aliphatic carbocycles. The van der Waals surface area contributed by atoms with E-state index in [-0.39, 0.29) is 23.9 Å². The molecule has 1 fully saturated rings. The van der Waals surface area contributed by atoms with Crippen molar-refractivity contribution < 1.29 is 9.53 Å². The van der Waals surface area contributed by atoms with Crippen LogP contribution in [0.1, 0.15) is 49.4 Å². The van der Waals surface area contributed by atoms with Crippen molar-refractivity contribution in [2.45, 2.75) is 45.4 Å². The number of nitriles is 1. The number of benzene rings is 2. The van der Waals surface area contributed by atoms with Crippen molar-refractivity contribution in [1.82, 2.24) is 0 Å². The zero-order valence-corrected chi connectivity index (χ0v) is 17.2. The fourth-order valence-corrected chi connectivity index (χ4v) is 4.75. The molecule has 2 aliphatic rings. The van der Waals surface area contributed by atoms with Crippen molar-refractivity contribution in [2.24, 2.45) is 11.8 Å². The number of para-hydroxylation sites is 1. The summed E-state index contributed by atoms with van der Waals surface area (Å²) in [5, 5.41) is 13.2. The Balaban J connectivity index is 1.81. The minimum absolute atomic E-state index is 0.0116. The van der Waals surface area contributed by atoms with E-state index in [0.717, 1.165) is 35.3 Å². The molecule has 1 amide bonds. The molecular formula is C24H27N3O2. The van der Waals surface area contributed by atoms with Crippen molar-refractivity contribution >= 4 is 17.3 Å². The summed E-state index contributed by atoms with van der Waals surface area (Å²) in [5.41, 5.74) is 4.67. The maximum atomic E-state index is 12.6. The number of carbonyl (C=O) groups excluding carboxylic acids is 1. The highest BCUT2D eigenvalue weighted by Crippen LogP contribution is 2.50. The normalized spacial score (nSPS) is 23.2. The van der Waals surface area contributed by atoms with Crippen LogP contribution in [0.2, 0.25) is 0 Å². The van der Waals surface area contributed by atoms with Gasteiger partial charge < -0.3 is 15.0 Å². The van der Waals surface area contributed by atoms with E-state index in [4.69, 9.17) is 4.74 Å². The molecule has 0 saturated heterocycles. The number of ether oxygens (including phenoxy) is 1. The van der Waals surface area contributed by atoms with E-state index in [0.29, 0.717) is 18.1 Å². The second kappa shape index (κ2) is 7.88. The second-order valence-electron chi connectivity index (χ2n) is 8.17. The monoisotopic (exact) mass is 389 g/mol. The summed E-state index contributed by atoms with van der Waals surface area (Å²) >= 11 is 0. The summed E-state index contributed by atoms with van der Waals surface area (Å²) < 4.78 is 5.37. The molecule has 0 spiro atoms. The number of nitrogens with zero attached hydrogens (tertiary/aromatic N) is 2. The molecule has 1 aliphatic heterocycles. The number of rotatable bonds is 5. The lowest BCUT2D eigenvalue weighted by Gasteiger charge is -2.46. The van der Waals surface area contributed by atoms with Gasteiger partial charge in [0.05, 0.1) is 24.3 Å². The first-order valence-electron chi connectivity index (χ1n) is 10.2. The van der Waals surface area contributed by atoms with Gasteiger partial charge in [-0.3, -0.25) is 4.79 Å². The molecule has 0 unspecified atom stereocenters. The predicted molar refractivity (Wildman–Crippen MR) is 114 cm³/mol. The topological polar surface area (TPSA) is 65.4 Å². The van der Waals surface area contributed by atoms with Gasteiger partial charge in [-0.2, -0.15) is 5.26 Å². The van der Waals surface area contributed by atoms with Crippen molar-refractivity contribution in [3.05, 3.63) is 59.2 Å². The van der Waals surface area contributed by atoms with E-state index in [1.165, 1.54) is 0 Å². The molecule has 0 radical (unpaired) electrons. The standard InChI is InChI=1S/C24H27N3O2/c1-15-23(26-21-7-5-4-6-19(21)14-29-3)20-12-17(13-25)8-11-22(20)27(16(2)28)24(15)18-9-10-18/h4-8,11-12,15,18,23-24,26H,9-10,14H2,1-3H3/t15-,23-,24-/m1/s1. The zero-order valence-electron chi connectivity index (χ0n) is 17.2. The molecule has 1 heterocycles. The largest absolute Gasteiger partial charge is 0.380 e. The van der Waals surface area contributed by atoms with Crippen LogP contribution in [0.25, 0.3) is 0 Å². The Morgan fingerprint density at radius 3 is 2.69 bits per heavy atom. The smallest absolute Gasteiger partial charge is 0.224 e. The summed E-state index contributed by atoms with van der Waals surface area (Å²) in [4.78, 5) is 14.6. The maximum absolute atomic E-state index is 12.6. The third-order valence-electron chi connectivity index (χ3n) is 6.19. The van der Waals surface area contributed by atoms with Gasteiger partial charge in [0.25, 0.3) is 0 Å². The number of anilines is 2. The predicted octanol–water partition coefficient (Wildman–Crippen LogP) is 4.64. The van der Waals surface area contributed by atoms with Crippen LogP contribution < -0.4 is 10.2 Å². The number of hydrogen-bond acceptors (Lipinski definition) is 4. The number of methoxy groups -OCH3 is 1. The average Bonchev–Trinajstić information content (AvgIpc) is 3.55. The van der Waals surface area contributed by atoms with Crippen LogP contribution in [0.4, 0.5) is 11.4 Å². The fourth-order valence-electron chi connectivity index (χ4n) is 4.75. The van der Waals surface area contributed by atoms with Gasteiger partial charge >= 0.3 is 0 Å². The van der Waals surface area contributed by atoms with E-state index in [1.54, 1.807) is 14.0 Å². The fraction of sp³-hybridized carbons (Fsp3) is 0.417. The van der Waals surface area contributed by atoms with Gasteiger partial charge in [0, 0.05) is 42.9 Å². The average molecular weight is 389 g/mol. The summed E-state index contributed by atoms with van der Waals surface area (Å²) in [6.45, 7) is 4.39. The molecule has 4 rings (SSSR count). The van der Waals surface area contributed by atoms with E-state index < -0.39 is 0 Å². The summed E-state index contributed by atoms with van der Waals surface area (Å²) in [5.74, 6) is 0.817. The summed E-state index contributed by atoms with van der Waals surface area (Å²) in [6.07, 6.45) is 2.33. The lowest BCUT2D eigenvalue weighted by atomic mass is 9.79. The maximum Gasteiger partial charge on any atom is 0.224 e. The quantitative estimate of drug-likeness (QED) is 0.809. The first-order valence-corrected chi connectivity index (χ1v) is 10.2. The van der Waals surface area contributed by atoms with Gasteiger partial charge in [0.2, 0.25) is 5.91 Å². The highest BCUT2D eigenvalue weighted by atomic mass is 16.5. The molecular weight excluding hydrogens is 362 g/mol. The summed E-state index contributed by atoms with van der Waals surface area (Å²) in [6, 6.07) is 16.3. The number of hydrogen-bond donors (Lipinski definition) is 1. The van der Waals surface area contributed by atoms with Crippen LogP contribution in [0.15, 0.2) is 42.5 Å². The van der Waals surface area contributed by atoms with Crippen molar-refractivity contribution in [1.29, 1.82) is 5.26 Å². The Kier molecular flexibility index (Phi) is 5.29. The second-order valence-corrected chi connectivity index (χ2v) is 8.17. The van der Waals surface area contributed by atoms with Crippen LogP contribution in [-0.4, -0.2) is 19.1 Å². The molecule has 2 aromatic carbocycles. The van der Waals surface area contributed by atoms with Gasteiger partial charge in [-0.25, -0.2) is 0 Å². The van der Waals surface area contributed by atoms with Gasteiger partial charge in [-0.05, 0) is 48.6 Å². The Morgan fingerprint density at radius 1 is 1.28 bits per heavy atom. The number of nitrogens with one attached hydrogen (secondary N) is 1. The minimum atomic E-state index is 0.0116. The van der Waals surface area contributed by atoms with Crippen molar-refractivity contribution in [2.75, 3.05) is 17.3 Å². The zero-order chi connectivity index (χ0) is 20.5. The third-order valence-corrected chi connectivity index (χ3v) is 6.19. The highest BCUT2D eigenvalue weighted by molar-refractivity contribution is 5.94. The van der Waals surface area contributed by atoms with Crippen LogP contribution in [0, 0.1) is 23.2 Å². The van der Waals surface area contributed by atoms with Crippen molar-refractivity contribution in [3.8, 4) is 6.07 Å². The number of amides is 1. The van der Waals surface area contributed by atoms with E-state index in [9.17, 15) is 10.1 Å². The Hall–Kier alpha value is -2.84. The first-order chi connectivity index (χ1) is 14.0. The van der Waals surface area contributed by atoms with Gasteiger partial charge in [0.15, 0.2) is 0 Å². The van der Waals surface area contributed by atoms with Crippen molar-refractivity contribution in [3.63, 3.8) is 0 Å². The lowest BCUT2D eigenvalue weighted by molar-refractivity contribution is -0.117. The van der Waals surface area contributed by atoms with Gasteiger partial charge in [-0.15, -0.1) is 0 Å². The Labute approximate surface area is 172 Å². The molecule has 0 bridgehead atoms. The molecule has 5 nitrogen and oxygen atoms in total. The Bertz CT molecular complexity index is 961. The number of fused-ring (bicyclic) bond motifs is 1. The summed E-state index contributed by atoms with van der Waals surface area (Å²) in [7, 11) is 1.70. The Morgan fingerprint density at radius 2 is 2.03 bits per heavy atom. The molecule has 5 heteroatoms. The molecule has 3 atom stereocenters. The van der Waals surface area contributed by atoms with Gasteiger partial charge in [-0.1, -0.05) is 25.1 Å². The van der Waals surface area contributed by atoms with E-state index in [1.807, 2.05) is 35.2 Å². The number of carbonyl (C=O) groups is 1. The van der Waals surface area contributed by atoms with Crippen LogP contribution in [0.3, 0.4) is 0 Å². The molecule has 2 aromatic rings. The van der Waals surface area contributed by atoms with Crippen LogP contribution in [-0.2, 0) is 16.1 Å². The van der Waals surface area contributed by atoms with Crippen LogP contribution in [0.5, 0.6) is 0 Å². The lowest BCUT2D eigenvalue weighted by Crippen LogP contribution is -2.51. The van der Waals surface area contributed by atoms with Gasteiger partial charge in [0.1, 0.15) is 0 Å². The first kappa shape index (κ1) is 19.5. The molecule has 1 N–H and O–H groups in total. The molecule has 0 aromatic heterocycles. The molecule has 150 valence electrons. The molecule has 29 heavy (non-hydrogen) atoms.